The van der Waals surface area contributed by atoms with E-state index in [0.717, 1.165) is 19.1 Å². The van der Waals surface area contributed by atoms with E-state index in [1.165, 1.54) is 4.70 Å². The van der Waals surface area contributed by atoms with Gasteiger partial charge in [0.25, 0.3) is 0 Å². The predicted octanol–water partition coefficient (Wildman–Crippen LogP) is 4.61. The van der Waals surface area contributed by atoms with Gasteiger partial charge in [-0.05, 0) is 28.1 Å². The van der Waals surface area contributed by atoms with E-state index in [1.807, 2.05) is 18.2 Å². The third-order valence-electron chi connectivity index (χ3n) is 1.60. The van der Waals surface area contributed by atoms with E-state index in [-0.39, 0.29) is 0 Å². The molecule has 0 fully saturated rings. The van der Waals surface area contributed by atoms with Crippen molar-refractivity contribution in [1.29, 1.82) is 0 Å². The van der Waals surface area contributed by atoms with Gasteiger partial charge in [0, 0.05) is 15.0 Å². The lowest BCUT2D eigenvalue weighted by molar-refractivity contribution is 1.58. The maximum atomic E-state index is 5.96. The van der Waals surface area contributed by atoms with Crippen molar-refractivity contribution in [3.8, 4) is 0 Å². The zero-order chi connectivity index (χ0) is 8.72. The first-order valence-corrected chi connectivity index (χ1v) is 5.69. The molecule has 1 aromatic heterocycles. The van der Waals surface area contributed by atoms with Crippen molar-refractivity contribution in [2.24, 2.45) is 0 Å². The first kappa shape index (κ1) is 8.88. The van der Waals surface area contributed by atoms with Gasteiger partial charge in [-0.3, -0.25) is 0 Å². The number of fused-ring (bicyclic) bond motifs is 1. The smallest absolute Gasteiger partial charge is 0.108 e. The first-order valence-electron chi connectivity index (χ1n) is 3.25. The highest BCUT2D eigenvalue weighted by molar-refractivity contribution is 9.10. The Labute approximate surface area is 93.1 Å². The lowest BCUT2D eigenvalue weighted by atomic mass is 10.3. The summed E-state index contributed by atoms with van der Waals surface area (Å²) in [7, 11) is 0. The molecule has 0 aliphatic rings. The summed E-state index contributed by atoms with van der Waals surface area (Å²) in [5.74, 6) is 0. The van der Waals surface area contributed by atoms with Crippen LogP contribution in [0.25, 0.3) is 10.1 Å². The third-order valence-corrected chi connectivity index (χ3v) is 4.62. The molecule has 0 amide bonds. The van der Waals surface area contributed by atoms with E-state index >= 15 is 0 Å². The highest BCUT2D eigenvalue weighted by Crippen LogP contribution is 2.41. The first-order chi connectivity index (χ1) is 5.70. The van der Waals surface area contributed by atoms with Crippen LogP contribution in [0.5, 0.6) is 0 Å². The summed E-state index contributed by atoms with van der Waals surface area (Å²) in [6.45, 7) is 0. The number of hydrogen-bond donors (Lipinski definition) is 1. The van der Waals surface area contributed by atoms with Crippen LogP contribution in [0.4, 0.5) is 0 Å². The lowest BCUT2D eigenvalue weighted by Gasteiger charge is -1.93. The summed E-state index contributed by atoms with van der Waals surface area (Å²) in [6.07, 6.45) is 0. The molecule has 0 radical (unpaired) electrons. The highest BCUT2D eigenvalue weighted by Gasteiger charge is 2.09. The lowest BCUT2D eigenvalue weighted by Crippen LogP contribution is -1.67. The highest BCUT2D eigenvalue weighted by atomic mass is 79.9. The van der Waals surface area contributed by atoms with Gasteiger partial charge >= 0.3 is 0 Å². The molecule has 1 aromatic carbocycles. The number of thiol groups is 1. The van der Waals surface area contributed by atoms with Crippen LogP contribution in [0.1, 0.15) is 0 Å². The average Bonchev–Trinajstić information content (AvgIpc) is 2.29. The molecule has 0 N–H and O–H groups in total. The molecule has 0 nitrogen and oxygen atoms in total. The summed E-state index contributed by atoms with van der Waals surface area (Å²) in [5.41, 5.74) is 0. The molecule has 0 aliphatic carbocycles. The Hall–Kier alpha value is 0.300. The van der Waals surface area contributed by atoms with E-state index in [0.29, 0.717) is 0 Å². The minimum atomic E-state index is 0.784. The monoisotopic (exact) mass is 278 g/mol. The van der Waals surface area contributed by atoms with Gasteiger partial charge in [0.15, 0.2) is 0 Å². The van der Waals surface area contributed by atoms with Crippen LogP contribution in [0.15, 0.2) is 27.6 Å². The SMILES string of the molecule is Sc1cccc2sc(Cl)c(Br)c12. The van der Waals surface area contributed by atoms with E-state index in [2.05, 4.69) is 28.6 Å². The Kier molecular flexibility index (Phi) is 2.38. The van der Waals surface area contributed by atoms with Crippen LogP contribution in [0.2, 0.25) is 4.34 Å². The molecule has 2 aromatic rings. The van der Waals surface area contributed by atoms with Crippen LogP contribution in [-0.4, -0.2) is 0 Å². The van der Waals surface area contributed by atoms with Gasteiger partial charge in [-0.1, -0.05) is 17.7 Å². The number of halogens is 2. The minimum absolute atomic E-state index is 0.784. The molecule has 0 atom stereocenters. The van der Waals surface area contributed by atoms with Crippen molar-refractivity contribution in [3.63, 3.8) is 0 Å². The number of rotatable bonds is 0. The van der Waals surface area contributed by atoms with Crippen molar-refractivity contribution in [2.45, 2.75) is 4.90 Å². The largest absolute Gasteiger partial charge is 0.143 e. The quantitative estimate of drug-likeness (QED) is 0.669. The van der Waals surface area contributed by atoms with Crippen LogP contribution < -0.4 is 0 Å². The summed E-state index contributed by atoms with van der Waals surface area (Å²) >= 11 is 15.3. The van der Waals surface area contributed by atoms with E-state index in [9.17, 15) is 0 Å². The van der Waals surface area contributed by atoms with Crippen molar-refractivity contribution < 1.29 is 0 Å². The zero-order valence-electron chi connectivity index (χ0n) is 5.84. The Morgan fingerprint density at radius 3 is 2.83 bits per heavy atom. The molecule has 0 aliphatic heterocycles. The van der Waals surface area contributed by atoms with Gasteiger partial charge in [0.1, 0.15) is 4.34 Å². The van der Waals surface area contributed by atoms with Gasteiger partial charge in [-0.15, -0.1) is 24.0 Å². The van der Waals surface area contributed by atoms with Crippen LogP contribution in [0.3, 0.4) is 0 Å². The molecule has 2 rings (SSSR count). The second-order valence-electron chi connectivity index (χ2n) is 2.34. The van der Waals surface area contributed by atoms with Crippen LogP contribution in [0, 0.1) is 0 Å². The van der Waals surface area contributed by atoms with Gasteiger partial charge in [-0.2, -0.15) is 0 Å². The fraction of sp³-hybridized carbons (Fsp3) is 0. The van der Waals surface area contributed by atoms with Crippen LogP contribution >= 0.6 is 51.5 Å². The maximum absolute atomic E-state index is 5.96. The summed E-state index contributed by atoms with van der Waals surface area (Å²) in [5, 5.41) is 1.11. The zero-order valence-corrected chi connectivity index (χ0v) is 9.90. The van der Waals surface area contributed by atoms with Crippen molar-refractivity contribution >= 4 is 61.6 Å². The molecule has 0 saturated heterocycles. The molecule has 4 heteroatoms. The number of benzene rings is 1. The Balaban J connectivity index is 2.97. The maximum Gasteiger partial charge on any atom is 0.108 e. The molecule has 1 heterocycles. The number of thiophene rings is 1. The van der Waals surface area contributed by atoms with Gasteiger partial charge < -0.3 is 0 Å². The molecule has 0 spiro atoms. The molecular formula is C8H4BrClS2. The second-order valence-corrected chi connectivity index (χ2v) is 5.27. The molecular weight excluding hydrogens is 276 g/mol. The summed E-state index contributed by atoms with van der Waals surface area (Å²) in [4.78, 5) is 0.961. The number of hydrogen-bond acceptors (Lipinski definition) is 2. The minimum Gasteiger partial charge on any atom is -0.143 e. The summed E-state index contributed by atoms with van der Waals surface area (Å²) < 4.78 is 2.90. The molecule has 0 bridgehead atoms. The van der Waals surface area contributed by atoms with Gasteiger partial charge in [0.2, 0.25) is 0 Å². The summed E-state index contributed by atoms with van der Waals surface area (Å²) in [6, 6.07) is 5.97. The normalized spacial score (nSPS) is 10.9. The van der Waals surface area contributed by atoms with Gasteiger partial charge in [-0.25, -0.2) is 0 Å². The van der Waals surface area contributed by atoms with E-state index in [1.54, 1.807) is 11.3 Å². The van der Waals surface area contributed by atoms with Gasteiger partial charge in [0.05, 0.1) is 4.47 Å². The molecule has 0 unspecified atom stereocenters. The molecule has 62 valence electrons. The van der Waals surface area contributed by atoms with Crippen molar-refractivity contribution in [1.82, 2.24) is 0 Å². The fourth-order valence-electron chi connectivity index (χ4n) is 1.06. The Morgan fingerprint density at radius 1 is 1.42 bits per heavy atom. The average molecular weight is 280 g/mol. The fourth-order valence-corrected chi connectivity index (χ4v) is 3.60. The van der Waals surface area contributed by atoms with E-state index < -0.39 is 0 Å². The third kappa shape index (κ3) is 1.29. The molecule has 12 heavy (non-hydrogen) atoms. The van der Waals surface area contributed by atoms with Crippen molar-refractivity contribution in [3.05, 3.63) is 27.0 Å². The predicted molar refractivity (Wildman–Crippen MR) is 61.8 cm³/mol. The molecule has 0 saturated carbocycles. The topological polar surface area (TPSA) is 0 Å². The van der Waals surface area contributed by atoms with E-state index in [4.69, 9.17) is 11.6 Å². The van der Waals surface area contributed by atoms with Crippen molar-refractivity contribution in [2.75, 3.05) is 0 Å². The van der Waals surface area contributed by atoms with Crippen LogP contribution in [-0.2, 0) is 0 Å². The second kappa shape index (κ2) is 3.22. The Morgan fingerprint density at radius 2 is 2.17 bits per heavy atom. The standard InChI is InChI=1S/C8H4BrClS2/c9-7-6-4(11)2-1-3-5(6)12-8(7)10/h1-3,11H. The Bertz CT molecular complexity index is 436.